The molecule has 3 rings (SSSR count). The zero-order valence-electron chi connectivity index (χ0n) is 12.0. The summed E-state index contributed by atoms with van der Waals surface area (Å²) in [6.45, 7) is 4.81. The number of fused-ring (bicyclic) bond motifs is 1. The van der Waals surface area contributed by atoms with E-state index in [2.05, 4.69) is 11.8 Å². The zero-order chi connectivity index (χ0) is 14.7. The van der Waals surface area contributed by atoms with Gasteiger partial charge in [-0.1, -0.05) is 25.1 Å². The minimum atomic E-state index is -0.188. The molecule has 0 spiro atoms. The van der Waals surface area contributed by atoms with Crippen LogP contribution in [0.25, 0.3) is 0 Å². The van der Waals surface area contributed by atoms with E-state index in [-0.39, 0.29) is 5.82 Å². The van der Waals surface area contributed by atoms with Crippen molar-refractivity contribution in [3.63, 3.8) is 0 Å². The van der Waals surface area contributed by atoms with Gasteiger partial charge in [0, 0.05) is 13.1 Å². The lowest BCUT2D eigenvalue weighted by Gasteiger charge is -2.20. The molecule has 0 N–H and O–H groups in total. The summed E-state index contributed by atoms with van der Waals surface area (Å²) in [6.07, 6.45) is 0. The van der Waals surface area contributed by atoms with Crippen LogP contribution in [0.2, 0.25) is 0 Å². The van der Waals surface area contributed by atoms with Gasteiger partial charge in [0.2, 0.25) is 6.79 Å². The molecule has 0 radical (unpaired) electrons. The fraction of sp³-hybridized carbons (Fsp3) is 0.294. The Balaban J connectivity index is 1.69. The van der Waals surface area contributed by atoms with Crippen LogP contribution in [-0.4, -0.2) is 18.2 Å². The molecular weight excluding hydrogens is 269 g/mol. The molecule has 21 heavy (non-hydrogen) atoms. The standard InChI is InChI=1S/C17H18FNO2/c1-2-19(10-13-4-3-5-15(18)8-13)11-14-6-7-16-17(9-14)21-12-20-16/h3-9H,2,10-12H2,1H3. The number of hydrogen-bond donors (Lipinski definition) is 0. The first-order valence-electron chi connectivity index (χ1n) is 7.10. The number of nitrogens with zero attached hydrogens (tertiary/aromatic N) is 1. The molecule has 3 nitrogen and oxygen atoms in total. The number of ether oxygens (including phenoxy) is 2. The highest BCUT2D eigenvalue weighted by molar-refractivity contribution is 5.44. The molecule has 0 aliphatic carbocycles. The Kier molecular flexibility index (Phi) is 4.06. The van der Waals surface area contributed by atoms with E-state index in [0.29, 0.717) is 6.79 Å². The van der Waals surface area contributed by atoms with Gasteiger partial charge in [-0.3, -0.25) is 4.90 Å². The molecule has 0 amide bonds. The molecule has 1 aliphatic rings. The minimum Gasteiger partial charge on any atom is -0.454 e. The summed E-state index contributed by atoms with van der Waals surface area (Å²) in [4.78, 5) is 2.26. The second kappa shape index (κ2) is 6.14. The van der Waals surface area contributed by atoms with E-state index in [1.165, 1.54) is 6.07 Å². The molecule has 2 aromatic rings. The Morgan fingerprint density at radius 3 is 2.52 bits per heavy atom. The number of halogens is 1. The summed E-state index contributed by atoms with van der Waals surface area (Å²) in [6, 6.07) is 12.7. The van der Waals surface area contributed by atoms with Gasteiger partial charge in [-0.2, -0.15) is 0 Å². The molecule has 0 atom stereocenters. The third-order valence-electron chi connectivity index (χ3n) is 3.59. The quantitative estimate of drug-likeness (QED) is 0.839. The maximum absolute atomic E-state index is 13.2. The fourth-order valence-corrected chi connectivity index (χ4v) is 2.47. The van der Waals surface area contributed by atoms with Crippen LogP contribution in [-0.2, 0) is 13.1 Å². The summed E-state index contributed by atoms with van der Waals surface area (Å²) >= 11 is 0. The van der Waals surface area contributed by atoms with Crippen LogP contribution in [0.15, 0.2) is 42.5 Å². The molecule has 1 heterocycles. The SMILES string of the molecule is CCN(Cc1cccc(F)c1)Cc1ccc2c(c1)OCO2. The van der Waals surface area contributed by atoms with Crippen molar-refractivity contribution in [1.82, 2.24) is 4.90 Å². The van der Waals surface area contributed by atoms with Crippen molar-refractivity contribution < 1.29 is 13.9 Å². The highest BCUT2D eigenvalue weighted by Gasteiger charge is 2.14. The topological polar surface area (TPSA) is 21.7 Å². The molecule has 0 aromatic heterocycles. The molecule has 0 saturated carbocycles. The Morgan fingerprint density at radius 2 is 1.76 bits per heavy atom. The molecular formula is C17H18FNO2. The van der Waals surface area contributed by atoms with Crippen molar-refractivity contribution in [2.75, 3.05) is 13.3 Å². The minimum absolute atomic E-state index is 0.188. The van der Waals surface area contributed by atoms with Crippen molar-refractivity contribution in [2.45, 2.75) is 20.0 Å². The summed E-state index contributed by atoms with van der Waals surface area (Å²) in [5, 5.41) is 0. The van der Waals surface area contributed by atoms with Gasteiger partial charge in [-0.05, 0) is 41.9 Å². The fourth-order valence-electron chi connectivity index (χ4n) is 2.47. The Bertz CT molecular complexity index is 630. The number of rotatable bonds is 5. The number of hydrogen-bond acceptors (Lipinski definition) is 3. The van der Waals surface area contributed by atoms with Crippen LogP contribution < -0.4 is 9.47 Å². The van der Waals surface area contributed by atoms with E-state index < -0.39 is 0 Å². The molecule has 0 bridgehead atoms. The summed E-state index contributed by atoms with van der Waals surface area (Å²) < 4.78 is 24.0. The maximum atomic E-state index is 13.2. The van der Waals surface area contributed by atoms with Gasteiger partial charge in [-0.25, -0.2) is 4.39 Å². The second-order valence-corrected chi connectivity index (χ2v) is 5.12. The first-order valence-corrected chi connectivity index (χ1v) is 7.10. The van der Waals surface area contributed by atoms with E-state index in [0.717, 1.165) is 42.3 Å². The van der Waals surface area contributed by atoms with Crippen LogP contribution in [0.3, 0.4) is 0 Å². The van der Waals surface area contributed by atoms with Crippen molar-refractivity contribution in [2.24, 2.45) is 0 Å². The van der Waals surface area contributed by atoms with Crippen LogP contribution in [0.4, 0.5) is 4.39 Å². The maximum Gasteiger partial charge on any atom is 0.231 e. The number of benzene rings is 2. The van der Waals surface area contributed by atoms with Crippen LogP contribution in [0.1, 0.15) is 18.1 Å². The lowest BCUT2D eigenvalue weighted by atomic mass is 10.1. The average Bonchev–Trinajstić information content (AvgIpc) is 2.94. The average molecular weight is 287 g/mol. The van der Waals surface area contributed by atoms with Crippen LogP contribution in [0, 0.1) is 5.82 Å². The van der Waals surface area contributed by atoms with Crippen molar-refractivity contribution in [3.8, 4) is 11.5 Å². The van der Waals surface area contributed by atoms with Gasteiger partial charge < -0.3 is 9.47 Å². The second-order valence-electron chi connectivity index (χ2n) is 5.12. The van der Waals surface area contributed by atoms with Crippen molar-refractivity contribution >= 4 is 0 Å². The zero-order valence-corrected chi connectivity index (χ0v) is 12.0. The first-order chi connectivity index (χ1) is 10.2. The smallest absolute Gasteiger partial charge is 0.231 e. The Labute approximate surface area is 123 Å². The summed E-state index contributed by atoms with van der Waals surface area (Å²) in [5.41, 5.74) is 2.15. The predicted molar refractivity (Wildman–Crippen MR) is 78.8 cm³/mol. The molecule has 0 unspecified atom stereocenters. The Morgan fingerprint density at radius 1 is 1.00 bits per heavy atom. The molecule has 4 heteroatoms. The van der Waals surface area contributed by atoms with E-state index in [4.69, 9.17) is 9.47 Å². The van der Waals surface area contributed by atoms with Gasteiger partial charge >= 0.3 is 0 Å². The largest absolute Gasteiger partial charge is 0.454 e. The molecule has 2 aromatic carbocycles. The van der Waals surface area contributed by atoms with Gasteiger partial charge in [0.15, 0.2) is 11.5 Å². The van der Waals surface area contributed by atoms with Crippen LogP contribution in [0.5, 0.6) is 11.5 Å². The van der Waals surface area contributed by atoms with Gasteiger partial charge in [-0.15, -0.1) is 0 Å². The lowest BCUT2D eigenvalue weighted by molar-refractivity contribution is 0.174. The predicted octanol–water partition coefficient (Wildman–Crippen LogP) is 3.58. The molecule has 0 saturated heterocycles. The van der Waals surface area contributed by atoms with E-state index in [9.17, 15) is 4.39 Å². The van der Waals surface area contributed by atoms with Crippen LogP contribution >= 0.6 is 0 Å². The first kappa shape index (κ1) is 13.9. The third-order valence-corrected chi connectivity index (χ3v) is 3.59. The van der Waals surface area contributed by atoms with E-state index >= 15 is 0 Å². The monoisotopic (exact) mass is 287 g/mol. The normalized spacial score (nSPS) is 12.9. The van der Waals surface area contributed by atoms with Gasteiger partial charge in [0.05, 0.1) is 0 Å². The van der Waals surface area contributed by atoms with E-state index in [1.54, 1.807) is 12.1 Å². The van der Waals surface area contributed by atoms with E-state index in [1.807, 2.05) is 24.3 Å². The molecule has 0 fully saturated rings. The molecule has 110 valence electrons. The lowest BCUT2D eigenvalue weighted by Crippen LogP contribution is -2.22. The molecule has 1 aliphatic heterocycles. The summed E-state index contributed by atoms with van der Waals surface area (Å²) in [7, 11) is 0. The van der Waals surface area contributed by atoms with Crippen molar-refractivity contribution in [3.05, 3.63) is 59.4 Å². The highest BCUT2D eigenvalue weighted by Crippen LogP contribution is 2.32. The third kappa shape index (κ3) is 3.34. The summed E-state index contributed by atoms with van der Waals surface area (Å²) in [5.74, 6) is 1.41. The van der Waals surface area contributed by atoms with Crippen molar-refractivity contribution in [1.29, 1.82) is 0 Å². The Hall–Kier alpha value is -2.07. The van der Waals surface area contributed by atoms with Gasteiger partial charge in [0.25, 0.3) is 0 Å². The van der Waals surface area contributed by atoms with Gasteiger partial charge in [0.1, 0.15) is 5.82 Å². The highest BCUT2D eigenvalue weighted by atomic mass is 19.1.